The van der Waals surface area contributed by atoms with Crippen molar-refractivity contribution < 1.29 is 0 Å². The van der Waals surface area contributed by atoms with Gasteiger partial charge in [0.1, 0.15) is 11.8 Å². The van der Waals surface area contributed by atoms with E-state index >= 15 is 0 Å². The number of nitriles is 1. The molecular weight excluding hydrogens is 176 g/mol. The molecule has 0 aromatic carbocycles. The van der Waals surface area contributed by atoms with Gasteiger partial charge < -0.3 is 0 Å². The van der Waals surface area contributed by atoms with Gasteiger partial charge >= 0.3 is 0 Å². The Kier molecular flexibility index (Phi) is 2.05. The van der Waals surface area contributed by atoms with Crippen LogP contribution in [0.4, 0.5) is 0 Å². The largest absolute Gasteiger partial charge is 0.296 e. The molecule has 4 nitrogen and oxygen atoms in total. The molecule has 0 aliphatic carbocycles. The van der Waals surface area contributed by atoms with Crippen LogP contribution >= 0.6 is 0 Å². The number of nitrogens with zero attached hydrogens (tertiary/aromatic N) is 4. The quantitative estimate of drug-likeness (QED) is 0.670. The Balaban J connectivity index is 2.50. The Bertz CT molecular complexity index is 397. The van der Waals surface area contributed by atoms with Crippen molar-refractivity contribution in [2.45, 2.75) is 33.0 Å². The minimum Gasteiger partial charge on any atom is -0.296 e. The van der Waals surface area contributed by atoms with E-state index in [1.54, 1.807) is 0 Å². The highest BCUT2D eigenvalue weighted by Crippen LogP contribution is 2.25. The highest BCUT2D eigenvalue weighted by Gasteiger charge is 2.25. The monoisotopic (exact) mass is 190 g/mol. The summed E-state index contributed by atoms with van der Waals surface area (Å²) in [6, 6.07) is 2.52. The molecule has 1 aromatic rings. The van der Waals surface area contributed by atoms with Crippen LogP contribution < -0.4 is 0 Å². The van der Waals surface area contributed by atoms with Gasteiger partial charge in [-0.3, -0.25) is 9.58 Å². The smallest absolute Gasteiger partial charge is 0.143 e. The zero-order valence-electron chi connectivity index (χ0n) is 8.78. The molecule has 0 spiro atoms. The Labute approximate surface area is 83.7 Å². The first kappa shape index (κ1) is 9.22. The third-order valence-electron chi connectivity index (χ3n) is 2.53. The fraction of sp³-hybridized carbons (Fsp3) is 0.600. The number of rotatable bonds is 1. The van der Waals surface area contributed by atoms with Gasteiger partial charge in [-0.2, -0.15) is 10.4 Å². The van der Waals surface area contributed by atoms with Crippen molar-refractivity contribution in [3.8, 4) is 6.07 Å². The second kappa shape index (κ2) is 3.10. The van der Waals surface area contributed by atoms with Crippen LogP contribution in [0.2, 0.25) is 0 Å². The van der Waals surface area contributed by atoms with Gasteiger partial charge in [-0.1, -0.05) is 0 Å². The van der Waals surface area contributed by atoms with Crippen molar-refractivity contribution in [1.29, 1.82) is 5.26 Å². The third kappa shape index (κ3) is 1.21. The first-order valence-corrected chi connectivity index (χ1v) is 4.82. The lowest BCUT2D eigenvalue weighted by molar-refractivity contribution is 0.342. The van der Waals surface area contributed by atoms with Crippen molar-refractivity contribution in [3.63, 3.8) is 0 Å². The van der Waals surface area contributed by atoms with Crippen molar-refractivity contribution in [2.75, 3.05) is 7.05 Å². The van der Waals surface area contributed by atoms with Crippen LogP contribution in [0.1, 0.15) is 36.8 Å². The van der Waals surface area contributed by atoms with E-state index < -0.39 is 0 Å². The molecule has 0 saturated heterocycles. The van der Waals surface area contributed by atoms with Gasteiger partial charge in [0.2, 0.25) is 0 Å². The Morgan fingerprint density at radius 2 is 2.14 bits per heavy atom. The lowest BCUT2D eigenvalue weighted by Crippen LogP contribution is -2.13. The van der Waals surface area contributed by atoms with Crippen LogP contribution in [0.5, 0.6) is 0 Å². The summed E-state index contributed by atoms with van der Waals surface area (Å²) >= 11 is 0. The number of hydrogen-bond acceptors (Lipinski definition) is 3. The first-order chi connectivity index (χ1) is 6.63. The molecule has 2 heterocycles. The van der Waals surface area contributed by atoms with Crippen molar-refractivity contribution >= 4 is 0 Å². The molecule has 1 aromatic heterocycles. The molecule has 1 aliphatic heterocycles. The maximum atomic E-state index is 9.08. The highest BCUT2D eigenvalue weighted by atomic mass is 15.3. The van der Waals surface area contributed by atoms with Crippen LogP contribution in [0.15, 0.2) is 0 Å². The molecule has 2 rings (SSSR count). The zero-order chi connectivity index (χ0) is 10.3. The van der Waals surface area contributed by atoms with Gasteiger partial charge in [-0.15, -0.1) is 0 Å². The number of hydrogen-bond donors (Lipinski definition) is 0. The second-order valence-corrected chi connectivity index (χ2v) is 4.10. The van der Waals surface area contributed by atoms with Crippen LogP contribution in [0.25, 0.3) is 0 Å². The molecule has 0 saturated carbocycles. The summed E-state index contributed by atoms with van der Waals surface area (Å²) in [4.78, 5) is 2.17. The molecule has 0 unspecified atom stereocenters. The molecule has 0 N–H and O–H groups in total. The highest BCUT2D eigenvalue weighted by molar-refractivity contribution is 5.38. The fourth-order valence-electron chi connectivity index (χ4n) is 1.88. The Morgan fingerprint density at radius 1 is 1.43 bits per heavy atom. The van der Waals surface area contributed by atoms with Gasteiger partial charge in [0.05, 0.1) is 5.69 Å². The minimum atomic E-state index is 0.264. The summed E-state index contributed by atoms with van der Waals surface area (Å²) in [5.74, 6) is 0. The SMILES string of the molecule is CC(C)n1nc2c(c1C#N)CN(C)C2. The van der Waals surface area contributed by atoms with E-state index in [0.29, 0.717) is 0 Å². The van der Waals surface area contributed by atoms with Crippen LogP contribution in [0, 0.1) is 11.3 Å². The van der Waals surface area contributed by atoms with E-state index in [9.17, 15) is 0 Å². The average molecular weight is 190 g/mol. The Morgan fingerprint density at radius 3 is 2.71 bits per heavy atom. The van der Waals surface area contributed by atoms with Gasteiger partial charge in [-0.25, -0.2) is 0 Å². The van der Waals surface area contributed by atoms with E-state index in [-0.39, 0.29) is 6.04 Å². The second-order valence-electron chi connectivity index (χ2n) is 4.10. The molecule has 4 heteroatoms. The maximum absolute atomic E-state index is 9.08. The van der Waals surface area contributed by atoms with E-state index in [4.69, 9.17) is 5.26 Å². The predicted octanol–water partition coefficient (Wildman–Crippen LogP) is 1.28. The van der Waals surface area contributed by atoms with E-state index in [0.717, 1.165) is 30.0 Å². The standard InChI is InChI=1S/C10H14N4/c1-7(2)14-10(4-11)8-5-13(3)6-9(8)12-14/h7H,5-6H2,1-3H3. The minimum absolute atomic E-state index is 0.264. The average Bonchev–Trinajstić information content (AvgIpc) is 2.59. The predicted molar refractivity (Wildman–Crippen MR) is 52.5 cm³/mol. The summed E-state index contributed by atoms with van der Waals surface area (Å²) in [5.41, 5.74) is 2.92. The molecule has 14 heavy (non-hydrogen) atoms. The van der Waals surface area contributed by atoms with Gasteiger partial charge in [0.15, 0.2) is 0 Å². The summed E-state index contributed by atoms with van der Waals surface area (Å²) in [6.07, 6.45) is 0. The van der Waals surface area contributed by atoms with E-state index in [1.165, 1.54) is 0 Å². The van der Waals surface area contributed by atoms with Gasteiger partial charge in [-0.05, 0) is 20.9 Å². The van der Waals surface area contributed by atoms with Crippen molar-refractivity contribution in [1.82, 2.24) is 14.7 Å². The first-order valence-electron chi connectivity index (χ1n) is 4.82. The molecule has 0 radical (unpaired) electrons. The van der Waals surface area contributed by atoms with Crippen LogP contribution in [0.3, 0.4) is 0 Å². The molecule has 0 atom stereocenters. The molecule has 0 bridgehead atoms. The molecule has 0 amide bonds. The van der Waals surface area contributed by atoms with E-state index in [1.807, 2.05) is 25.6 Å². The maximum Gasteiger partial charge on any atom is 0.143 e. The fourth-order valence-corrected chi connectivity index (χ4v) is 1.88. The Hall–Kier alpha value is -1.34. The molecule has 0 fully saturated rings. The van der Waals surface area contributed by atoms with Crippen LogP contribution in [-0.2, 0) is 13.1 Å². The number of aromatic nitrogens is 2. The summed E-state index contributed by atoms with van der Waals surface area (Å²) in [5, 5.41) is 13.5. The molecular formula is C10H14N4. The summed E-state index contributed by atoms with van der Waals surface area (Å²) in [6.45, 7) is 5.81. The van der Waals surface area contributed by atoms with Gasteiger partial charge in [0.25, 0.3) is 0 Å². The molecule has 74 valence electrons. The third-order valence-corrected chi connectivity index (χ3v) is 2.53. The molecule has 1 aliphatic rings. The van der Waals surface area contributed by atoms with Crippen molar-refractivity contribution in [2.24, 2.45) is 0 Å². The zero-order valence-corrected chi connectivity index (χ0v) is 8.78. The summed E-state index contributed by atoms with van der Waals surface area (Å²) < 4.78 is 1.83. The van der Waals surface area contributed by atoms with E-state index in [2.05, 4.69) is 16.1 Å². The lowest BCUT2D eigenvalue weighted by Gasteiger charge is -2.10. The normalized spacial score (nSPS) is 15.9. The summed E-state index contributed by atoms with van der Waals surface area (Å²) in [7, 11) is 2.04. The number of fused-ring (bicyclic) bond motifs is 1. The lowest BCUT2D eigenvalue weighted by atomic mass is 10.2. The van der Waals surface area contributed by atoms with Crippen molar-refractivity contribution in [3.05, 3.63) is 17.0 Å². The topological polar surface area (TPSA) is 44.9 Å². The van der Waals surface area contributed by atoms with Crippen LogP contribution in [-0.4, -0.2) is 21.7 Å². The van der Waals surface area contributed by atoms with Gasteiger partial charge in [0, 0.05) is 24.7 Å².